The van der Waals surface area contributed by atoms with E-state index in [1.165, 1.54) is 14.2 Å². The van der Waals surface area contributed by atoms with Crippen LogP contribution >= 0.6 is 0 Å². The van der Waals surface area contributed by atoms with Crippen LogP contribution in [0.2, 0.25) is 0 Å². The number of nitrogens with zero attached hydrogens (tertiary/aromatic N) is 1. The number of hydrogen-bond acceptors (Lipinski definition) is 5. The number of anilines is 1. The van der Waals surface area contributed by atoms with E-state index in [1.54, 1.807) is 29.3 Å². The van der Waals surface area contributed by atoms with Gasteiger partial charge in [-0.3, -0.25) is 0 Å². The molecule has 0 spiro atoms. The maximum Gasteiger partial charge on any atom is 0.355 e. The van der Waals surface area contributed by atoms with Gasteiger partial charge < -0.3 is 19.4 Å². The first-order chi connectivity index (χ1) is 12.5. The molecule has 1 aliphatic heterocycles. The molecule has 6 heteroatoms. The molecular formula is C20H20N2O4. The van der Waals surface area contributed by atoms with Gasteiger partial charge in [0.15, 0.2) is 0 Å². The van der Waals surface area contributed by atoms with Crippen molar-refractivity contribution in [1.82, 2.24) is 4.98 Å². The number of esters is 2. The lowest BCUT2D eigenvalue weighted by Gasteiger charge is -2.23. The molecule has 1 aromatic heterocycles. The maximum absolute atomic E-state index is 12.5. The molecule has 1 aromatic carbocycles. The molecule has 134 valence electrons. The van der Waals surface area contributed by atoms with E-state index in [0.717, 1.165) is 27.8 Å². The number of H-pyrrole nitrogens is 1. The fourth-order valence-electron chi connectivity index (χ4n) is 2.96. The molecule has 1 N–H and O–H groups in total. The Kier molecular flexibility index (Phi) is 4.67. The number of allylic oxidation sites excluding steroid dienone is 2. The molecule has 0 saturated carbocycles. The average molecular weight is 352 g/mol. The number of rotatable bonds is 3. The molecular weight excluding hydrogens is 332 g/mol. The lowest BCUT2D eigenvalue weighted by Crippen LogP contribution is -2.26. The Morgan fingerprint density at radius 3 is 2.46 bits per heavy atom. The number of carbonyl (C=O) groups is 2. The summed E-state index contributed by atoms with van der Waals surface area (Å²) in [5.74, 6) is -1.23. The minimum atomic E-state index is -0.622. The van der Waals surface area contributed by atoms with Crippen molar-refractivity contribution in [3.63, 3.8) is 0 Å². The van der Waals surface area contributed by atoms with Crippen molar-refractivity contribution >= 4 is 28.5 Å². The van der Waals surface area contributed by atoms with Gasteiger partial charge in [-0.2, -0.15) is 0 Å². The number of carbonyl (C=O) groups excluding carboxylic acids is 2. The lowest BCUT2D eigenvalue weighted by atomic mass is 10.1. The van der Waals surface area contributed by atoms with Gasteiger partial charge in [0.05, 0.1) is 19.8 Å². The molecule has 26 heavy (non-hydrogen) atoms. The molecule has 0 unspecified atom stereocenters. The third-order valence-corrected chi connectivity index (χ3v) is 4.46. The van der Waals surface area contributed by atoms with Gasteiger partial charge in [-0.05, 0) is 49.8 Å². The number of aromatic nitrogens is 1. The van der Waals surface area contributed by atoms with Crippen LogP contribution in [0.4, 0.5) is 5.69 Å². The molecule has 2 aromatic rings. The quantitative estimate of drug-likeness (QED) is 0.859. The Morgan fingerprint density at radius 1 is 1.04 bits per heavy atom. The summed E-state index contributed by atoms with van der Waals surface area (Å²) in [6.07, 6.45) is 6.69. The smallest absolute Gasteiger partial charge is 0.355 e. The second kappa shape index (κ2) is 6.92. The van der Waals surface area contributed by atoms with Crippen molar-refractivity contribution in [1.29, 1.82) is 0 Å². The zero-order valence-corrected chi connectivity index (χ0v) is 15.1. The maximum atomic E-state index is 12.5. The predicted molar refractivity (Wildman–Crippen MR) is 99.6 cm³/mol. The Bertz CT molecular complexity index is 979. The fourth-order valence-corrected chi connectivity index (χ4v) is 2.96. The SMILES string of the molecule is COC(=O)C1=C(C(=O)OC)N(c2ccc3[nH]c(C)c(C)c3c2)C=CC=C1. The minimum Gasteiger partial charge on any atom is -0.465 e. The number of hydrogen-bond donors (Lipinski definition) is 1. The molecule has 0 aliphatic carbocycles. The number of methoxy groups -OCH3 is 2. The number of ether oxygens (including phenoxy) is 2. The van der Waals surface area contributed by atoms with E-state index in [0.29, 0.717) is 0 Å². The van der Waals surface area contributed by atoms with Gasteiger partial charge in [0, 0.05) is 28.5 Å². The summed E-state index contributed by atoms with van der Waals surface area (Å²) in [4.78, 5) is 29.6. The van der Waals surface area contributed by atoms with E-state index in [9.17, 15) is 9.59 Å². The lowest BCUT2D eigenvalue weighted by molar-refractivity contribution is -0.139. The summed E-state index contributed by atoms with van der Waals surface area (Å²) < 4.78 is 9.75. The average Bonchev–Trinajstić information content (AvgIpc) is 2.83. The summed E-state index contributed by atoms with van der Waals surface area (Å²) in [6.45, 7) is 4.05. The van der Waals surface area contributed by atoms with Crippen LogP contribution in [0.15, 0.2) is 53.9 Å². The molecule has 0 atom stereocenters. The first kappa shape index (κ1) is 17.5. The molecule has 0 bridgehead atoms. The number of aryl methyl sites for hydroxylation is 2. The van der Waals surface area contributed by atoms with Crippen molar-refractivity contribution in [2.75, 3.05) is 19.1 Å². The summed E-state index contributed by atoms with van der Waals surface area (Å²) in [5.41, 5.74) is 4.21. The number of aromatic amines is 1. The molecule has 0 amide bonds. The van der Waals surface area contributed by atoms with Crippen LogP contribution in [-0.4, -0.2) is 31.1 Å². The van der Waals surface area contributed by atoms with E-state index in [4.69, 9.17) is 9.47 Å². The zero-order chi connectivity index (χ0) is 18.8. The van der Waals surface area contributed by atoms with E-state index >= 15 is 0 Å². The van der Waals surface area contributed by atoms with Crippen molar-refractivity contribution in [3.05, 3.63) is 65.2 Å². The Hall–Kier alpha value is -3.28. The van der Waals surface area contributed by atoms with Crippen LogP contribution in [0.25, 0.3) is 10.9 Å². The molecule has 0 radical (unpaired) electrons. The van der Waals surface area contributed by atoms with Gasteiger partial charge in [-0.25, -0.2) is 9.59 Å². The van der Waals surface area contributed by atoms with Gasteiger partial charge in [0.1, 0.15) is 5.70 Å². The van der Waals surface area contributed by atoms with Crippen LogP contribution in [0, 0.1) is 13.8 Å². The number of benzene rings is 1. The zero-order valence-electron chi connectivity index (χ0n) is 15.1. The largest absolute Gasteiger partial charge is 0.465 e. The summed E-state index contributed by atoms with van der Waals surface area (Å²) in [6, 6.07) is 5.80. The molecule has 0 fully saturated rings. The summed E-state index contributed by atoms with van der Waals surface area (Å²) >= 11 is 0. The predicted octanol–water partition coefficient (Wildman–Crippen LogP) is 3.27. The van der Waals surface area contributed by atoms with Crippen LogP contribution in [-0.2, 0) is 19.1 Å². The number of nitrogens with one attached hydrogen (secondary N) is 1. The van der Waals surface area contributed by atoms with Gasteiger partial charge in [-0.1, -0.05) is 6.08 Å². The second-order valence-electron chi connectivity index (χ2n) is 5.92. The summed E-state index contributed by atoms with van der Waals surface area (Å²) in [5, 5.41) is 1.05. The fraction of sp³-hybridized carbons (Fsp3) is 0.200. The van der Waals surface area contributed by atoms with Gasteiger partial charge >= 0.3 is 11.9 Å². The minimum absolute atomic E-state index is 0.105. The van der Waals surface area contributed by atoms with Crippen molar-refractivity contribution in [2.24, 2.45) is 0 Å². The van der Waals surface area contributed by atoms with E-state index in [1.807, 2.05) is 32.0 Å². The van der Waals surface area contributed by atoms with Gasteiger partial charge in [0.2, 0.25) is 0 Å². The molecule has 0 saturated heterocycles. The molecule has 2 heterocycles. The Morgan fingerprint density at radius 2 is 1.77 bits per heavy atom. The highest BCUT2D eigenvalue weighted by molar-refractivity contribution is 6.05. The van der Waals surface area contributed by atoms with Gasteiger partial charge in [-0.15, -0.1) is 0 Å². The topological polar surface area (TPSA) is 71.6 Å². The van der Waals surface area contributed by atoms with Crippen molar-refractivity contribution in [3.8, 4) is 0 Å². The van der Waals surface area contributed by atoms with Crippen LogP contribution < -0.4 is 4.90 Å². The third-order valence-electron chi connectivity index (χ3n) is 4.46. The third kappa shape index (κ3) is 2.90. The highest BCUT2D eigenvalue weighted by atomic mass is 16.5. The molecule has 3 rings (SSSR count). The van der Waals surface area contributed by atoms with Crippen LogP contribution in [0.1, 0.15) is 11.3 Å². The normalized spacial score (nSPS) is 13.9. The van der Waals surface area contributed by atoms with Crippen LogP contribution in [0.3, 0.4) is 0 Å². The number of fused-ring (bicyclic) bond motifs is 1. The summed E-state index contributed by atoms with van der Waals surface area (Å²) in [7, 11) is 2.56. The monoisotopic (exact) mass is 352 g/mol. The second-order valence-corrected chi connectivity index (χ2v) is 5.92. The van der Waals surface area contributed by atoms with Gasteiger partial charge in [0.25, 0.3) is 0 Å². The molecule has 1 aliphatic rings. The highest BCUT2D eigenvalue weighted by Gasteiger charge is 2.27. The Balaban J connectivity index is 2.22. The first-order valence-corrected chi connectivity index (χ1v) is 8.12. The first-order valence-electron chi connectivity index (χ1n) is 8.12. The van der Waals surface area contributed by atoms with E-state index < -0.39 is 11.9 Å². The van der Waals surface area contributed by atoms with Crippen LogP contribution in [0.5, 0.6) is 0 Å². The standard InChI is InChI=1S/C20H20N2O4/c1-12-13(2)21-17-9-8-14(11-16(12)17)22-10-6-5-7-15(19(23)25-3)18(22)20(24)26-4/h5-11,21H,1-4H3. The van der Waals surface area contributed by atoms with Crippen molar-refractivity contribution < 1.29 is 19.1 Å². The van der Waals surface area contributed by atoms with E-state index in [2.05, 4.69) is 4.98 Å². The van der Waals surface area contributed by atoms with E-state index in [-0.39, 0.29) is 11.3 Å². The highest BCUT2D eigenvalue weighted by Crippen LogP contribution is 2.31. The Labute approximate surface area is 151 Å². The van der Waals surface area contributed by atoms with Crippen molar-refractivity contribution in [2.45, 2.75) is 13.8 Å². The molecule has 6 nitrogen and oxygen atoms in total.